The first-order valence-electron chi connectivity index (χ1n) is 13.9. The molecular formula is C30H51N3O4S. The third-order valence-corrected chi connectivity index (χ3v) is 6.45. The van der Waals surface area contributed by atoms with Gasteiger partial charge in [-0.2, -0.15) is 11.8 Å². The molecule has 1 rings (SSSR count). The largest absolute Gasteiger partial charge is 0.444 e. The summed E-state index contributed by atoms with van der Waals surface area (Å²) < 4.78 is 5.47. The molecule has 0 aliphatic rings. The molecule has 3 amide bonds. The average molecular weight is 550 g/mol. The van der Waals surface area contributed by atoms with E-state index in [0.717, 1.165) is 43.2 Å². The van der Waals surface area contributed by atoms with Crippen LogP contribution in [0.3, 0.4) is 0 Å². The van der Waals surface area contributed by atoms with E-state index in [9.17, 15) is 14.4 Å². The maximum absolute atomic E-state index is 14.2. The van der Waals surface area contributed by atoms with Crippen molar-refractivity contribution in [3.8, 4) is 0 Å². The molecule has 2 N–H and O–H groups in total. The van der Waals surface area contributed by atoms with Gasteiger partial charge in [-0.25, -0.2) is 4.79 Å². The van der Waals surface area contributed by atoms with E-state index in [4.69, 9.17) is 4.74 Å². The molecular weight excluding hydrogens is 498 g/mol. The van der Waals surface area contributed by atoms with E-state index in [1.54, 1.807) is 37.4 Å². The number of ether oxygens (including phenoxy) is 1. The van der Waals surface area contributed by atoms with Gasteiger partial charge >= 0.3 is 6.09 Å². The first-order valence-corrected chi connectivity index (χ1v) is 15.3. The molecule has 38 heavy (non-hydrogen) atoms. The Morgan fingerprint density at radius 2 is 1.68 bits per heavy atom. The lowest BCUT2D eigenvalue weighted by Crippen LogP contribution is -2.55. The SMILES string of the molecule is CCCCCCCN(C(=O)C(CCSC)NC(=O)OC(C)(C)C)C(C(=O)NC(C)(C)C)c1cccc(C)c1. The van der Waals surface area contributed by atoms with E-state index in [1.807, 2.05) is 58.2 Å². The lowest BCUT2D eigenvalue weighted by Gasteiger charge is -2.36. The first-order chi connectivity index (χ1) is 17.7. The standard InChI is InChI=1S/C30H51N3O4S/c1-10-11-12-13-14-19-33(27(35)24(18-20-38-9)31-28(36)37-30(6,7)8)25(26(34)32-29(3,4)5)23-17-15-16-22(2)21-23/h15-17,21,24-25H,10-14,18-20H2,1-9H3,(H,31,36)(H,32,34). The van der Waals surface area contributed by atoms with Gasteiger partial charge < -0.3 is 20.3 Å². The Balaban J connectivity index is 3.47. The third kappa shape index (κ3) is 13.0. The Labute approximate surface area is 235 Å². The van der Waals surface area contributed by atoms with Crippen LogP contribution in [0, 0.1) is 6.92 Å². The molecule has 0 heterocycles. The van der Waals surface area contributed by atoms with E-state index in [-0.39, 0.29) is 11.8 Å². The number of nitrogens with one attached hydrogen (secondary N) is 2. The second-order valence-electron chi connectivity index (χ2n) is 12.0. The van der Waals surface area contributed by atoms with Crippen LogP contribution < -0.4 is 10.6 Å². The third-order valence-electron chi connectivity index (χ3n) is 5.80. The van der Waals surface area contributed by atoms with Crippen LogP contribution in [0.5, 0.6) is 0 Å². The minimum Gasteiger partial charge on any atom is -0.444 e. The van der Waals surface area contributed by atoms with E-state index < -0.39 is 29.3 Å². The summed E-state index contributed by atoms with van der Waals surface area (Å²) in [5.41, 5.74) is 0.612. The molecule has 1 aromatic carbocycles. The van der Waals surface area contributed by atoms with Gasteiger partial charge in [0.1, 0.15) is 17.7 Å². The highest BCUT2D eigenvalue weighted by atomic mass is 32.2. The number of nitrogens with zero attached hydrogens (tertiary/aromatic N) is 1. The van der Waals surface area contributed by atoms with Crippen molar-refractivity contribution in [3.05, 3.63) is 35.4 Å². The van der Waals surface area contributed by atoms with E-state index in [2.05, 4.69) is 17.6 Å². The number of unbranched alkanes of at least 4 members (excludes halogenated alkanes) is 4. The second kappa shape index (κ2) is 16.0. The van der Waals surface area contributed by atoms with Gasteiger partial charge in [0.15, 0.2) is 0 Å². The predicted molar refractivity (Wildman–Crippen MR) is 158 cm³/mol. The van der Waals surface area contributed by atoms with Crippen LogP contribution in [0.2, 0.25) is 0 Å². The topological polar surface area (TPSA) is 87.7 Å². The predicted octanol–water partition coefficient (Wildman–Crippen LogP) is 6.40. The zero-order valence-electron chi connectivity index (χ0n) is 25.1. The maximum atomic E-state index is 14.2. The van der Waals surface area contributed by atoms with Gasteiger partial charge in [-0.05, 0) is 78.9 Å². The summed E-state index contributed by atoms with van der Waals surface area (Å²) in [7, 11) is 0. The zero-order valence-corrected chi connectivity index (χ0v) is 25.9. The number of amides is 3. The van der Waals surface area contributed by atoms with Crippen LogP contribution in [0.25, 0.3) is 0 Å². The van der Waals surface area contributed by atoms with Crippen molar-refractivity contribution in [1.29, 1.82) is 0 Å². The van der Waals surface area contributed by atoms with Gasteiger partial charge in [0.25, 0.3) is 0 Å². The van der Waals surface area contributed by atoms with Crippen LogP contribution in [0.4, 0.5) is 4.79 Å². The van der Waals surface area contributed by atoms with Gasteiger partial charge in [-0.15, -0.1) is 0 Å². The van der Waals surface area contributed by atoms with Crippen molar-refractivity contribution in [3.63, 3.8) is 0 Å². The summed E-state index contributed by atoms with van der Waals surface area (Å²) in [6.45, 7) is 15.7. The summed E-state index contributed by atoms with van der Waals surface area (Å²) in [5, 5.41) is 5.90. The Morgan fingerprint density at radius 3 is 2.24 bits per heavy atom. The van der Waals surface area contributed by atoms with Crippen molar-refractivity contribution in [2.45, 2.75) is 117 Å². The Hall–Kier alpha value is -2.22. The number of carbonyl (C=O) groups is 3. The van der Waals surface area contributed by atoms with Gasteiger partial charge in [0.2, 0.25) is 11.8 Å². The van der Waals surface area contributed by atoms with E-state index in [1.165, 1.54) is 0 Å². The molecule has 0 saturated heterocycles. The van der Waals surface area contributed by atoms with Crippen molar-refractivity contribution in [2.24, 2.45) is 0 Å². The summed E-state index contributed by atoms with van der Waals surface area (Å²) in [6.07, 6.45) is 6.85. The van der Waals surface area contributed by atoms with Crippen molar-refractivity contribution >= 4 is 29.7 Å². The number of rotatable bonds is 14. The quantitative estimate of drug-likeness (QED) is 0.262. The fourth-order valence-electron chi connectivity index (χ4n) is 4.15. The molecule has 0 aliphatic carbocycles. The minimum absolute atomic E-state index is 0.231. The number of aryl methyl sites for hydroxylation is 1. The van der Waals surface area contributed by atoms with Crippen LogP contribution in [-0.4, -0.2) is 58.5 Å². The van der Waals surface area contributed by atoms with Gasteiger partial charge in [0.05, 0.1) is 0 Å². The first kappa shape index (κ1) is 33.8. The molecule has 7 nitrogen and oxygen atoms in total. The molecule has 8 heteroatoms. The summed E-state index contributed by atoms with van der Waals surface area (Å²) in [5.74, 6) is 0.182. The number of carbonyl (C=O) groups excluding carboxylic acids is 3. The monoisotopic (exact) mass is 549 g/mol. The second-order valence-corrected chi connectivity index (χ2v) is 13.0. The summed E-state index contributed by atoms with van der Waals surface area (Å²) >= 11 is 1.61. The lowest BCUT2D eigenvalue weighted by atomic mass is 9.98. The zero-order chi connectivity index (χ0) is 28.9. The smallest absolute Gasteiger partial charge is 0.408 e. The van der Waals surface area contributed by atoms with Gasteiger partial charge in [0, 0.05) is 12.1 Å². The number of alkyl carbamates (subject to hydrolysis) is 1. The molecule has 0 saturated carbocycles. The highest BCUT2D eigenvalue weighted by Gasteiger charge is 2.37. The van der Waals surface area contributed by atoms with Crippen molar-refractivity contribution in [1.82, 2.24) is 15.5 Å². The fourth-order valence-corrected chi connectivity index (χ4v) is 4.62. The number of hydrogen-bond acceptors (Lipinski definition) is 5. The van der Waals surface area contributed by atoms with Crippen molar-refractivity contribution < 1.29 is 19.1 Å². The minimum atomic E-state index is -0.815. The van der Waals surface area contributed by atoms with Crippen LogP contribution in [-0.2, 0) is 14.3 Å². The molecule has 1 aromatic rings. The Morgan fingerprint density at radius 1 is 1.03 bits per heavy atom. The molecule has 216 valence electrons. The molecule has 0 aromatic heterocycles. The molecule has 2 atom stereocenters. The van der Waals surface area contributed by atoms with Gasteiger partial charge in [-0.3, -0.25) is 9.59 Å². The highest BCUT2D eigenvalue weighted by Crippen LogP contribution is 2.26. The molecule has 0 spiro atoms. The summed E-state index contributed by atoms with van der Waals surface area (Å²) in [6, 6.07) is 6.13. The lowest BCUT2D eigenvalue weighted by molar-refractivity contribution is -0.143. The summed E-state index contributed by atoms with van der Waals surface area (Å²) in [4.78, 5) is 42.4. The maximum Gasteiger partial charge on any atom is 0.408 e. The molecule has 2 unspecified atom stereocenters. The normalized spacial score (nSPS) is 13.4. The molecule has 0 aliphatic heterocycles. The number of hydrogen-bond donors (Lipinski definition) is 2. The van der Waals surface area contributed by atoms with E-state index >= 15 is 0 Å². The van der Waals surface area contributed by atoms with Crippen LogP contribution in [0.15, 0.2) is 24.3 Å². The van der Waals surface area contributed by atoms with Crippen LogP contribution >= 0.6 is 11.8 Å². The molecule has 0 bridgehead atoms. The Kier molecular flexibility index (Phi) is 14.2. The number of benzene rings is 1. The van der Waals surface area contributed by atoms with Crippen LogP contribution in [0.1, 0.15) is 104 Å². The Bertz CT molecular complexity index is 892. The number of thioether (sulfide) groups is 1. The van der Waals surface area contributed by atoms with Gasteiger partial charge in [-0.1, -0.05) is 62.4 Å². The average Bonchev–Trinajstić information content (AvgIpc) is 2.78. The fraction of sp³-hybridized carbons (Fsp3) is 0.700. The van der Waals surface area contributed by atoms with Crippen molar-refractivity contribution in [2.75, 3.05) is 18.6 Å². The molecule has 0 fully saturated rings. The highest BCUT2D eigenvalue weighted by molar-refractivity contribution is 7.98. The molecule has 0 radical (unpaired) electrons. The van der Waals surface area contributed by atoms with E-state index in [0.29, 0.717) is 18.7 Å².